The summed E-state index contributed by atoms with van der Waals surface area (Å²) in [7, 11) is 0. The largest absolute Gasteiger partial charge is 0.378 e. The van der Waals surface area contributed by atoms with E-state index in [4.69, 9.17) is 21.3 Å². The summed E-state index contributed by atoms with van der Waals surface area (Å²) in [5, 5.41) is 0.690. The molecule has 1 aromatic heterocycles. The van der Waals surface area contributed by atoms with E-state index < -0.39 is 0 Å². The monoisotopic (exact) mass is 400 g/mol. The number of rotatable bonds is 4. The molecule has 3 heterocycles. The van der Waals surface area contributed by atoms with Crippen LogP contribution in [0.4, 0.5) is 0 Å². The summed E-state index contributed by atoms with van der Waals surface area (Å²) < 4.78 is 5.34. The summed E-state index contributed by atoms with van der Waals surface area (Å²) in [6, 6.07) is 7.68. The zero-order valence-corrected chi connectivity index (χ0v) is 16.6. The molecule has 28 heavy (non-hydrogen) atoms. The number of benzene rings is 1. The van der Waals surface area contributed by atoms with Crippen molar-refractivity contribution in [3.8, 4) is 11.3 Å². The Morgan fingerprint density at radius 3 is 2.89 bits per heavy atom. The average molecular weight is 401 g/mol. The molecule has 1 aromatic carbocycles. The Bertz CT molecular complexity index is 826. The van der Waals surface area contributed by atoms with E-state index in [1.54, 1.807) is 6.20 Å². The summed E-state index contributed by atoms with van der Waals surface area (Å²) in [4.78, 5) is 26.0. The lowest BCUT2D eigenvalue weighted by atomic mass is 9.94. The lowest BCUT2D eigenvalue weighted by molar-refractivity contribution is -0.136. The van der Waals surface area contributed by atoms with Crippen molar-refractivity contribution < 1.29 is 9.53 Å². The molecule has 4 rings (SSSR count). The van der Waals surface area contributed by atoms with Crippen LogP contribution in [0.3, 0.4) is 0 Å². The Kier molecular flexibility index (Phi) is 6.20. The first-order valence-corrected chi connectivity index (χ1v) is 10.2. The maximum absolute atomic E-state index is 12.6. The van der Waals surface area contributed by atoms with Crippen LogP contribution in [0.1, 0.15) is 24.5 Å². The van der Waals surface area contributed by atoms with Gasteiger partial charge in [-0.05, 0) is 31.5 Å². The number of hydrogen-bond donors (Lipinski definition) is 0. The second kappa shape index (κ2) is 8.99. The zero-order valence-electron chi connectivity index (χ0n) is 15.9. The molecule has 0 saturated carbocycles. The molecule has 0 N–H and O–H groups in total. The molecular formula is C21H25ClN4O2. The number of hydrogen-bond acceptors (Lipinski definition) is 5. The maximum Gasteiger partial charge on any atom is 0.236 e. The fourth-order valence-electron chi connectivity index (χ4n) is 3.91. The molecule has 1 atom stereocenters. The van der Waals surface area contributed by atoms with Gasteiger partial charge in [0.25, 0.3) is 0 Å². The molecule has 1 unspecified atom stereocenters. The van der Waals surface area contributed by atoms with Crippen LogP contribution in [0.25, 0.3) is 11.3 Å². The molecule has 2 aromatic rings. The summed E-state index contributed by atoms with van der Waals surface area (Å²) in [6.45, 7) is 4.93. The topological polar surface area (TPSA) is 58.6 Å². The number of halogens is 1. The average Bonchev–Trinajstić information content (AvgIpc) is 2.75. The van der Waals surface area contributed by atoms with Gasteiger partial charge in [0.15, 0.2) is 0 Å². The van der Waals surface area contributed by atoms with Gasteiger partial charge in [-0.3, -0.25) is 14.7 Å². The van der Waals surface area contributed by atoms with Crippen molar-refractivity contribution in [2.24, 2.45) is 0 Å². The summed E-state index contributed by atoms with van der Waals surface area (Å²) >= 11 is 6.12. The Labute approximate surface area is 170 Å². The van der Waals surface area contributed by atoms with E-state index in [2.05, 4.69) is 9.88 Å². The molecule has 2 aliphatic rings. The summed E-state index contributed by atoms with van der Waals surface area (Å²) in [6.07, 6.45) is 5.75. The van der Waals surface area contributed by atoms with Gasteiger partial charge >= 0.3 is 0 Å². The number of piperidine rings is 1. The van der Waals surface area contributed by atoms with Gasteiger partial charge < -0.3 is 9.64 Å². The Morgan fingerprint density at radius 2 is 2.07 bits per heavy atom. The van der Waals surface area contributed by atoms with Crippen molar-refractivity contribution in [3.63, 3.8) is 0 Å². The number of carbonyl (C=O) groups excluding carboxylic acids is 1. The predicted molar refractivity (Wildman–Crippen MR) is 108 cm³/mol. The predicted octanol–water partition coefficient (Wildman–Crippen LogP) is 2.84. The molecule has 7 heteroatoms. The number of amides is 1. The molecule has 0 bridgehead atoms. The van der Waals surface area contributed by atoms with E-state index in [1.165, 1.54) is 0 Å². The number of likely N-dealkylation sites (tertiary alicyclic amines) is 1. The minimum Gasteiger partial charge on any atom is -0.378 e. The van der Waals surface area contributed by atoms with Crippen LogP contribution in [0.5, 0.6) is 0 Å². The van der Waals surface area contributed by atoms with E-state index in [1.807, 2.05) is 35.4 Å². The third-order valence-electron chi connectivity index (χ3n) is 5.42. The molecule has 2 aliphatic heterocycles. The first kappa shape index (κ1) is 19.3. The van der Waals surface area contributed by atoms with Crippen molar-refractivity contribution in [3.05, 3.63) is 47.4 Å². The van der Waals surface area contributed by atoms with Crippen LogP contribution in [0.2, 0.25) is 5.02 Å². The standard InChI is InChI=1S/C21H25ClN4O2/c22-18-5-1-3-16(11-18)19-12-23-13-20(24-19)17-4-2-6-25(14-17)15-21(27)26-7-9-28-10-8-26/h1,3,5,11-13,17H,2,4,6-10,14-15H2. The first-order chi connectivity index (χ1) is 13.7. The number of carbonyl (C=O) groups is 1. The highest BCUT2D eigenvalue weighted by atomic mass is 35.5. The van der Waals surface area contributed by atoms with E-state index >= 15 is 0 Å². The third-order valence-corrected chi connectivity index (χ3v) is 5.66. The van der Waals surface area contributed by atoms with E-state index in [0.29, 0.717) is 37.9 Å². The molecule has 0 radical (unpaired) electrons. The second-order valence-electron chi connectivity index (χ2n) is 7.41. The fraction of sp³-hybridized carbons (Fsp3) is 0.476. The van der Waals surface area contributed by atoms with Crippen molar-refractivity contribution in [2.45, 2.75) is 18.8 Å². The number of aromatic nitrogens is 2. The van der Waals surface area contributed by atoms with Crippen LogP contribution in [-0.2, 0) is 9.53 Å². The molecule has 2 fully saturated rings. The van der Waals surface area contributed by atoms with Gasteiger partial charge in [0.2, 0.25) is 5.91 Å². The van der Waals surface area contributed by atoms with Crippen molar-refractivity contribution in [2.75, 3.05) is 45.9 Å². The highest BCUT2D eigenvalue weighted by molar-refractivity contribution is 6.30. The van der Waals surface area contributed by atoms with Crippen LogP contribution < -0.4 is 0 Å². The third kappa shape index (κ3) is 4.69. The number of nitrogens with zero attached hydrogens (tertiary/aromatic N) is 4. The Morgan fingerprint density at radius 1 is 1.21 bits per heavy atom. The van der Waals surface area contributed by atoms with Gasteiger partial charge in [-0.1, -0.05) is 23.7 Å². The second-order valence-corrected chi connectivity index (χ2v) is 7.84. The minimum atomic E-state index is 0.197. The van der Waals surface area contributed by atoms with Gasteiger partial charge in [-0.25, -0.2) is 4.98 Å². The van der Waals surface area contributed by atoms with E-state index in [9.17, 15) is 4.79 Å². The van der Waals surface area contributed by atoms with Crippen LogP contribution >= 0.6 is 11.6 Å². The van der Waals surface area contributed by atoms with Gasteiger partial charge in [0, 0.05) is 42.3 Å². The summed E-state index contributed by atoms with van der Waals surface area (Å²) in [5.41, 5.74) is 2.79. The van der Waals surface area contributed by atoms with E-state index in [0.717, 1.165) is 42.9 Å². The number of ether oxygens (including phenoxy) is 1. The Balaban J connectivity index is 1.43. The number of morpholine rings is 1. The Hall–Kier alpha value is -2.02. The molecule has 0 spiro atoms. The maximum atomic E-state index is 12.6. The normalized spacial score (nSPS) is 20.9. The van der Waals surface area contributed by atoms with Gasteiger partial charge in [0.05, 0.1) is 37.3 Å². The van der Waals surface area contributed by atoms with Gasteiger partial charge in [-0.15, -0.1) is 0 Å². The molecule has 0 aliphatic carbocycles. The molecule has 148 valence electrons. The molecule has 2 saturated heterocycles. The van der Waals surface area contributed by atoms with Crippen molar-refractivity contribution >= 4 is 17.5 Å². The van der Waals surface area contributed by atoms with Crippen molar-refractivity contribution in [1.82, 2.24) is 19.8 Å². The summed E-state index contributed by atoms with van der Waals surface area (Å²) in [5.74, 6) is 0.487. The van der Waals surface area contributed by atoms with Gasteiger partial charge in [0.1, 0.15) is 0 Å². The SMILES string of the molecule is O=C(CN1CCCC(c2cncc(-c3cccc(Cl)c3)n2)C1)N1CCOCC1. The van der Waals surface area contributed by atoms with Crippen LogP contribution in [0, 0.1) is 0 Å². The molecular weight excluding hydrogens is 376 g/mol. The lowest BCUT2D eigenvalue weighted by Crippen LogP contribution is -2.47. The lowest BCUT2D eigenvalue weighted by Gasteiger charge is -2.34. The smallest absolute Gasteiger partial charge is 0.236 e. The highest BCUT2D eigenvalue weighted by Crippen LogP contribution is 2.27. The van der Waals surface area contributed by atoms with Crippen molar-refractivity contribution in [1.29, 1.82) is 0 Å². The first-order valence-electron chi connectivity index (χ1n) is 9.85. The fourth-order valence-corrected chi connectivity index (χ4v) is 4.10. The van der Waals surface area contributed by atoms with Gasteiger partial charge in [-0.2, -0.15) is 0 Å². The zero-order chi connectivity index (χ0) is 19.3. The van der Waals surface area contributed by atoms with E-state index in [-0.39, 0.29) is 11.8 Å². The van der Waals surface area contributed by atoms with Crippen LogP contribution in [-0.4, -0.2) is 71.6 Å². The molecule has 6 nitrogen and oxygen atoms in total. The minimum absolute atomic E-state index is 0.197. The quantitative estimate of drug-likeness (QED) is 0.789. The highest BCUT2D eigenvalue weighted by Gasteiger charge is 2.26. The van der Waals surface area contributed by atoms with Crippen LogP contribution in [0.15, 0.2) is 36.7 Å². The molecule has 1 amide bonds.